The van der Waals surface area contributed by atoms with E-state index in [1.165, 1.54) is 61.8 Å². The Balaban J connectivity index is 1.30. The van der Waals surface area contributed by atoms with Crippen molar-refractivity contribution in [2.75, 3.05) is 43.7 Å². The van der Waals surface area contributed by atoms with Crippen LogP contribution in [0.1, 0.15) is 87.7 Å². The number of methoxy groups -OCH3 is 2. The third-order valence-electron chi connectivity index (χ3n) is 9.62. The molecule has 1 saturated heterocycles. The maximum Gasteiger partial charge on any atom is 0.230 e. The Morgan fingerprint density at radius 2 is 1.72 bits per heavy atom. The molecule has 1 aliphatic heterocycles. The molecule has 2 aromatic carbocycles. The van der Waals surface area contributed by atoms with Crippen LogP contribution in [-0.4, -0.2) is 45.9 Å². The summed E-state index contributed by atoms with van der Waals surface area (Å²) >= 11 is 0. The number of carbonyl (C=O) groups excluding carboxylic acids is 1. The molecule has 1 atom stereocenters. The summed E-state index contributed by atoms with van der Waals surface area (Å²) in [6.45, 7) is 4.95. The van der Waals surface area contributed by atoms with Crippen LogP contribution >= 0.6 is 0 Å². The molecule has 212 valence electrons. The minimum Gasteiger partial charge on any atom is -0.496 e. The highest BCUT2D eigenvalue weighted by Gasteiger charge is 2.31. The maximum atomic E-state index is 14.0. The molecule has 0 bridgehead atoms. The van der Waals surface area contributed by atoms with Gasteiger partial charge in [0, 0.05) is 44.0 Å². The van der Waals surface area contributed by atoms with Gasteiger partial charge in [0.2, 0.25) is 5.91 Å². The number of hydrogen-bond acceptors (Lipinski definition) is 4. The van der Waals surface area contributed by atoms with E-state index in [-0.39, 0.29) is 12.0 Å². The van der Waals surface area contributed by atoms with E-state index in [4.69, 9.17) is 9.47 Å². The van der Waals surface area contributed by atoms with Gasteiger partial charge in [0.1, 0.15) is 5.75 Å². The lowest BCUT2D eigenvalue weighted by Gasteiger charge is -2.37. The lowest BCUT2D eigenvalue weighted by molar-refractivity contribution is -0.123. The molecular weight excluding hydrogens is 484 g/mol. The fourth-order valence-corrected chi connectivity index (χ4v) is 7.21. The van der Waals surface area contributed by atoms with E-state index in [0.29, 0.717) is 17.7 Å². The first-order chi connectivity index (χ1) is 19.1. The van der Waals surface area contributed by atoms with Crippen molar-refractivity contribution in [1.82, 2.24) is 0 Å². The second-order valence-electron chi connectivity index (χ2n) is 12.2. The molecule has 2 aromatic rings. The second-order valence-corrected chi connectivity index (χ2v) is 12.2. The zero-order valence-corrected chi connectivity index (χ0v) is 24.4. The van der Waals surface area contributed by atoms with E-state index in [1.807, 2.05) is 7.11 Å². The zero-order chi connectivity index (χ0) is 27.2. The predicted octanol–water partition coefficient (Wildman–Crippen LogP) is 7.51. The molecule has 0 aromatic heterocycles. The van der Waals surface area contributed by atoms with Crippen molar-refractivity contribution in [3.63, 3.8) is 0 Å². The number of anilines is 2. The van der Waals surface area contributed by atoms with Gasteiger partial charge < -0.3 is 19.3 Å². The van der Waals surface area contributed by atoms with Gasteiger partial charge in [-0.2, -0.15) is 0 Å². The van der Waals surface area contributed by atoms with Gasteiger partial charge in [-0.25, -0.2) is 0 Å². The van der Waals surface area contributed by atoms with Crippen molar-refractivity contribution in [3.05, 3.63) is 53.6 Å². The molecule has 0 spiro atoms. The van der Waals surface area contributed by atoms with Crippen molar-refractivity contribution >= 4 is 17.3 Å². The van der Waals surface area contributed by atoms with Gasteiger partial charge in [0.25, 0.3) is 0 Å². The molecular formula is C34H48N2O3. The van der Waals surface area contributed by atoms with Gasteiger partial charge in [-0.15, -0.1) is 0 Å². The van der Waals surface area contributed by atoms with Gasteiger partial charge in [-0.3, -0.25) is 4.79 Å². The number of amides is 1. The fraction of sp³-hybridized carbons (Fsp3) is 0.618. The van der Waals surface area contributed by atoms with Crippen LogP contribution in [-0.2, 0) is 9.53 Å². The molecule has 5 rings (SSSR count). The Bertz CT molecular complexity index is 1090. The van der Waals surface area contributed by atoms with E-state index >= 15 is 0 Å². The predicted molar refractivity (Wildman–Crippen MR) is 160 cm³/mol. The summed E-state index contributed by atoms with van der Waals surface area (Å²) in [6, 6.07) is 15.4. The Morgan fingerprint density at radius 3 is 2.44 bits per heavy atom. The minimum absolute atomic E-state index is 0.175. The standard InChI is InChI=1S/C34H48N2O3/c1-25-21-29(18-19-33(25)39-3)27-16-14-26(15-17-27)23-36(34(37)28-9-5-4-6-10-28)31-12-7-11-30(22-31)35-20-8-13-32(24-35)38-2/h7,11-12,18-19,21-22,26-28,32H,4-6,8-10,13-17,20,23-24H2,1-3H3/t26-,27-,32?. The molecule has 2 saturated carbocycles. The average Bonchev–Trinajstić information content (AvgIpc) is 3.00. The van der Waals surface area contributed by atoms with Crippen LogP contribution in [0.15, 0.2) is 42.5 Å². The van der Waals surface area contributed by atoms with Gasteiger partial charge in [-0.1, -0.05) is 37.5 Å². The van der Waals surface area contributed by atoms with E-state index in [9.17, 15) is 4.79 Å². The summed E-state index contributed by atoms with van der Waals surface area (Å²) in [5, 5.41) is 0. The van der Waals surface area contributed by atoms with Crippen LogP contribution in [0.25, 0.3) is 0 Å². The first kappa shape index (κ1) is 28.0. The van der Waals surface area contributed by atoms with Crippen LogP contribution in [0.5, 0.6) is 5.75 Å². The molecule has 5 heteroatoms. The Hall–Kier alpha value is -2.53. The molecule has 3 aliphatic rings. The first-order valence-electron chi connectivity index (χ1n) is 15.4. The van der Waals surface area contributed by atoms with Crippen LogP contribution in [0, 0.1) is 18.8 Å². The summed E-state index contributed by atoms with van der Waals surface area (Å²) in [7, 11) is 3.56. The summed E-state index contributed by atoms with van der Waals surface area (Å²) in [6.07, 6.45) is 13.0. The number of ether oxygens (including phenoxy) is 2. The molecule has 0 N–H and O–H groups in total. The quantitative estimate of drug-likeness (QED) is 0.353. The third kappa shape index (κ3) is 6.80. The van der Waals surface area contributed by atoms with Crippen molar-refractivity contribution < 1.29 is 14.3 Å². The molecule has 0 radical (unpaired) electrons. The lowest BCUT2D eigenvalue weighted by atomic mass is 9.78. The highest BCUT2D eigenvalue weighted by atomic mass is 16.5. The molecule has 2 aliphatic carbocycles. The summed E-state index contributed by atoms with van der Waals surface area (Å²) in [4.78, 5) is 18.6. The number of rotatable bonds is 8. The molecule has 1 heterocycles. The molecule has 1 amide bonds. The minimum atomic E-state index is 0.175. The summed E-state index contributed by atoms with van der Waals surface area (Å²) in [5.41, 5.74) is 4.95. The van der Waals surface area contributed by atoms with E-state index in [1.54, 1.807) is 7.11 Å². The maximum absolute atomic E-state index is 14.0. The first-order valence-corrected chi connectivity index (χ1v) is 15.4. The number of carbonyl (C=O) groups is 1. The van der Waals surface area contributed by atoms with Crippen molar-refractivity contribution in [2.45, 2.75) is 89.6 Å². The van der Waals surface area contributed by atoms with Crippen LogP contribution in [0.4, 0.5) is 11.4 Å². The Morgan fingerprint density at radius 1 is 0.923 bits per heavy atom. The Labute approximate surface area is 235 Å². The van der Waals surface area contributed by atoms with Crippen LogP contribution in [0.2, 0.25) is 0 Å². The number of piperidine rings is 1. The molecule has 1 unspecified atom stereocenters. The van der Waals surface area contributed by atoms with Crippen molar-refractivity contribution in [1.29, 1.82) is 0 Å². The number of nitrogens with zero attached hydrogens (tertiary/aromatic N) is 2. The van der Waals surface area contributed by atoms with Crippen molar-refractivity contribution in [3.8, 4) is 5.75 Å². The lowest BCUT2D eigenvalue weighted by Crippen LogP contribution is -2.41. The van der Waals surface area contributed by atoms with Gasteiger partial charge in [0.05, 0.1) is 13.2 Å². The van der Waals surface area contributed by atoms with Crippen molar-refractivity contribution in [2.24, 2.45) is 11.8 Å². The Kier molecular flexibility index (Phi) is 9.49. The number of benzene rings is 2. The largest absolute Gasteiger partial charge is 0.496 e. The van der Waals surface area contributed by atoms with Gasteiger partial charge in [0.15, 0.2) is 0 Å². The fourth-order valence-electron chi connectivity index (χ4n) is 7.21. The normalized spacial score (nSPS) is 24.4. The van der Waals surface area contributed by atoms with Crippen LogP contribution < -0.4 is 14.5 Å². The van der Waals surface area contributed by atoms with E-state index < -0.39 is 0 Å². The van der Waals surface area contributed by atoms with Crippen LogP contribution in [0.3, 0.4) is 0 Å². The third-order valence-corrected chi connectivity index (χ3v) is 9.62. The summed E-state index contributed by atoms with van der Waals surface area (Å²) in [5.74, 6) is 2.64. The molecule has 39 heavy (non-hydrogen) atoms. The second kappa shape index (κ2) is 13.2. The van der Waals surface area contributed by atoms with E-state index in [0.717, 1.165) is 56.8 Å². The van der Waals surface area contributed by atoms with E-state index in [2.05, 4.69) is 59.2 Å². The topological polar surface area (TPSA) is 42.0 Å². The summed E-state index contributed by atoms with van der Waals surface area (Å²) < 4.78 is 11.2. The monoisotopic (exact) mass is 532 g/mol. The SMILES string of the molecule is COc1ccc([C@H]2CC[C@H](CN(C(=O)C3CCCCC3)c3cccc(N4CCCC(OC)C4)c3)CC2)cc1C. The molecule has 5 nitrogen and oxygen atoms in total. The average molecular weight is 533 g/mol. The highest BCUT2D eigenvalue weighted by Crippen LogP contribution is 2.39. The number of hydrogen-bond donors (Lipinski definition) is 0. The van der Waals surface area contributed by atoms with Gasteiger partial charge >= 0.3 is 0 Å². The highest BCUT2D eigenvalue weighted by molar-refractivity contribution is 5.95. The smallest absolute Gasteiger partial charge is 0.230 e. The number of aryl methyl sites for hydroxylation is 1. The van der Waals surface area contributed by atoms with Gasteiger partial charge in [-0.05, 0) is 106 Å². The molecule has 3 fully saturated rings. The zero-order valence-electron chi connectivity index (χ0n) is 24.4.